The van der Waals surface area contributed by atoms with Gasteiger partial charge in [-0.05, 0) is 42.8 Å². The van der Waals surface area contributed by atoms with Crippen LogP contribution in [0.3, 0.4) is 0 Å². The summed E-state index contributed by atoms with van der Waals surface area (Å²) >= 11 is 3.30. The van der Waals surface area contributed by atoms with Gasteiger partial charge in [-0.2, -0.15) is 0 Å². The second-order valence-electron chi connectivity index (χ2n) is 4.22. The Morgan fingerprint density at radius 2 is 1.85 bits per heavy atom. The predicted octanol–water partition coefficient (Wildman–Crippen LogP) is 3.92. The molecule has 1 amide bonds. The third-order valence-electron chi connectivity index (χ3n) is 2.78. The van der Waals surface area contributed by atoms with Gasteiger partial charge < -0.3 is 5.32 Å². The van der Waals surface area contributed by atoms with E-state index in [1.54, 1.807) is 31.2 Å². The van der Waals surface area contributed by atoms with Gasteiger partial charge in [0.2, 0.25) is 0 Å². The van der Waals surface area contributed by atoms with Crippen LogP contribution in [-0.4, -0.2) is 10.8 Å². The third-order valence-corrected chi connectivity index (χ3v) is 3.30. The number of halogens is 1. The van der Waals surface area contributed by atoms with Crippen molar-refractivity contribution in [1.82, 2.24) is 0 Å². The lowest BCUT2D eigenvalue weighted by Gasteiger charge is -2.08. The van der Waals surface area contributed by atoms with E-state index in [4.69, 9.17) is 0 Å². The van der Waals surface area contributed by atoms with Crippen LogP contribution >= 0.6 is 15.9 Å². The molecule has 0 bridgehead atoms. The van der Waals surface area contributed by atoms with Crippen molar-refractivity contribution in [3.63, 3.8) is 0 Å². The van der Waals surface area contributed by atoms with Crippen LogP contribution in [-0.2, 0) is 0 Å². The molecule has 0 fully saturated rings. The zero-order valence-corrected chi connectivity index (χ0v) is 12.2. The molecule has 0 atom stereocenters. The Bertz CT molecular complexity index is 669. The molecule has 102 valence electrons. The number of hydrogen-bond acceptors (Lipinski definition) is 3. The lowest BCUT2D eigenvalue weighted by atomic mass is 10.1. The number of benzene rings is 2. The molecule has 1 N–H and O–H groups in total. The van der Waals surface area contributed by atoms with E-state index < -0.39 is 4.92 Å². The first kappa shape index (κ1) is 14.2. The van der Waals surface area contributed by atoms with Gasteiger partial charge >= 0.3 is 0 Å². The minimum absolute atomic E-state index is 0.00383. The molecule has 0 spiro atoms. The quantitative estimate of drug-likeness (QED) is 0.683. The van der Waals surface area contributed by atoms with Crippen LogP contribution in [0.4, 0.5) is 11.4 Å². The number of nitro benzene ring substituents is 1. The van der Waals surface area contributed by atoms with Crippen molar-refractivity contribution in [2.75, 3.05) is 5.32 Å². The number of aryl methyl sites for hydroxylation is 1. The summed E-state index contributed by atoms with van der Waals surface area (Å²) in [7, 11) is 0. The summed E-state index contributed by atoms with van der Waals surface area (Å²) in [6.45, 7) is 1.71. The van der Waals surface area contributed by atoms with E-state index in [1.165, 1.54) is 18.2 Å². The second-order valence-corrected chi connectivity index (χ2v) is 5.13. The minimum Gasteiger partial charge on any atom is -0.322 e. The van der Waals surface area contributed by atoms with E-state index in [-0.39, 0.29) is 11.6 Å². The highest BCUT2D eigenvalue weighted by molar-refractivity contribution is 9.10. The fraction of sp³-hybridized carbons (Fsp3) is 0.0714. The van der Waals surface area contributed by atoms with Crippen molar-refractivity contribution in [3.05, 3.63) is 68.2 Å². The zero-order valence-electron chi connectivity index (χ0n) is 10.6. The maximum absolute atomic E-state index is 12.0. The Labute approximate surface area is 123 Å². The molecule has 5 nitrogen and oxygen atoms in total. The number of carbonyl (C=O) groups excluding carboxylic acids is 1. The first-order chi connectivity index (χ1) is 9.47. The highest BCUT2D eigenvalue weighted by Crippen LogP contribution is 2.22. The van der Waals surface area contributed by atoms with Gasteiger partial charge in [0.1, 0.15) is 0 Å². The summed E-state index contributed by atoms with van der Waals surface area (Å²) in [5.41, 5.74) is 1.73. The molecule has 2 aromatic rings. The van der Waals surface area contributed by atoms with Gasteiger partial charge in [0.05, 0.1) is 4.92 Å². The van der Waals surface area contributed by atoms with E-state index in [1.807, 2.05) is 0 Å². The second kappa shape index (κ2) is 5.83. The largest absolute Gasteiger partial charge is 0.322 e. The van der Waals surface area contributed by atoms with Crippen molar-refractivity contribution in [1.29, 1.82) is 0 Å². The highest BCUT2D eigenvalue weighted by Gasteiger charge is 2.11. The molecule has 0 aliphatic carbocycles. The summed E-state index contributed by atoms with van der Waals surface area (Å²) in [6.07, 6.45) is 0. The standard InChI is InChI=1S/C14H11BrN2O3/c1-9-8-12(17(19)20)6-7-13(9)16-14(18)10-2-4-11(15)5-3-10/h2-8H,1H3,(H,16,18). The summed E-state index contributed by atoms with van der Waals surface area (Å²) in [5.74, 6) is -0.255. The van der Waals surface area contributed by atoms with Crippen LogP contribution in [0.25, 0.3) is 0 Å². The molecule has 0 unspecified atom stereocenters. The summed E-state index contributed by atoms with van der Waals surface area (Å²) < 4.78 is 0.889. The number of hydrogen-bond donors (Lipinski definition) is 1. The van der Waals surface area contributed by atoms with Gasteiger partial charge in [-0.15, -0.1) is 0 Å². The average Bonchev–Trinajstić information content (AvgIpc) is 2.41. The van der Waals surface area contributed by atoms with Gasteiger partial charge in [-0.25, -0.2) is 0 Å². The molecule has 0 aliphatic rings. The smallest absolute Gasteiger partial charge is 0.269 e. The Hall–Kier alpha value is -2.21. The average molecular weight is 335 g/mol. The maximum atomic E-state index is 12.0. The molecular weight excluding hydrogens is 324 g/mol. The molecule has 0 heterocycles. The number of carbonyl (C=O) groups is 1. The third kappa shape index (κ3) is 3.21. The van der Waals surface area contributed by atoms with E-state index in [0.29, 0.717) is 16.8 Å². The Morgan fingerprint density at radius 1 is 1.20 bits per heavy atom. The SMILES string of the molecule is Cc1cc([N+](=O)[O-])ccc1NC(=O)c1ccc(Br)cc1. The first-order valence-corrected chi connectivity index (χ1v) is 6.58. The molecule has 0 aromatic heterocycles. The van der Waals surface area contributed by atoms with Crippen LogP contribution in [0.2, 0.25) is 0 Å². The molecule has 0 saturated carbocycles. The van der Waals surface area contributed by atoms with Crippen molar-refractivity contribution >= 4 is 33.2 Å². The molecule has 20 heavy (non-hydrogen) atoms. The van der Waals surface area contributed by atoms with Crippen molar-refractivity contribution < 1.29 is 9.72 Å². The van der Waals surface area contributed by atoms with Crippen LogP contribution in [0, 0.1) is 17.0 Å². The maximum Gasteiger partial charge on any atom is 0.269 e. The fourth-order valence-electron chi connectivity index (χ4n) is 1.70. The molecule has 2 rings (SSSR count). The van der Waals surface area contributed by atoms with E-state index in [0.717, 1.165) is 4.47 Å². The predicted molar refractivity (Wildman–Crippen MR) is 79.9 cm³/mol. The van der Waals surface area contributed by atoms with Crippen molar-refractivity contribution in [2.45, 2.75) is 6.92 Å². The van der Waals surface area contributed by atoms with Crippen LogP contribution in [0.5, 0.6) is 0 Å². The zero-order chi connectivity index (χ0) is 14.7. The summed E-state index contributed by atoms with van der Waals surface area (Å²) in [5, 5.41) is 13.4. The number of nitrogens with zero attached hydrogens (tertiary/aromatic N) is 1. The molecular formula is C14H11BrN2O3. The highest BCUT2D eigenvalue weighted by atomic mass is 79.9. The Balaban J connectivity index is 2.19. The Morgan fingerprint density at radius 3 is 2.40 bits per heavy atom. The van der Waals surface area contributed by atoms with E-state index in [9.17, 15) is 14.9 Å². The minimum atomic E-state index is -0.465. The van der Waals surface area contributed by atoms with Crippen LogP contribution in [0.1, 0.15) is 15.9 Å². The topological polar surface area (TPSA) is 72.2 Å². The van der Waals surface area contributed by atoms with E-state index >= 15 is 0 Å². The fourth-order valence-corrected chi connectivity index (χ4v) is 1.96. The number of non-ortho nitro benzene ring substituents is 1. The molecule has 0 aliphatic heterocycles. The van der Waals surface area contributed by atoms with E-state index in [2.05, 4.69) is 21.2 Å². The van der Waals surface area contributed by atoms with Crippen molar-refractivity contribution in [2.24, 2.45) is 0 Å². The van der Waals surface area contributed by atoms with Crippen molar-refractivity contribution in [3.8, 4) is 0 Å². The van der Waals surface area contributed by atoms with Gasteiger partial charge in [0.15, 0.2) is 0 Å². The lowest BCUT2D eigenvalue weighted by Crippen LogP contribution is -2.12. The van der Waals surface area contributed by atoms with Crippen LogP contribution in [0.15, 0.2) is 46.9 Å². The first-order valence-electron chi connectivity index (χ1n) is 5.79. The van der Waals surface area contributed by atoms with Gasteiger partial charge in [0, 0.05) is 27.9 Å². The number of amides is 1. The molecule has 2 aromatic carbocycles. The lowest BCUT2D eigenvalue weighted by molar-refractivity contribution is -0.384. The number of nitrogens with one attached hydrogen (secondary N) is 1. The number of nitro groups is 1. The normalized spacial score (nSPS) is 10.1. The molecule has 0 saturated heterocycles. The molecule has 6 heteroatoms. The summed E-state index contributed by atoms with van der Waals surface area (Å²) in [6, 6.07) is 11.3. The van der Waals surface area contributed by atoms with Gasteiger partial charge in [-0.1, -0.05) is 15.9 Å². The Kier molecular flexibility index (Phi) is 4.14. The van der Waals surface area contributed by atoms with Gasteiger partial charge in [0.25, 0.3) is 11.6 Å². The van der Waals surface area contributed by atoms with Gasteiger partial charge in [-0.3, -0.25) is 14.9 Å². The monoisotopic (exact) mass is 334 g/mol. The van der Waals surface area contributed by atoms with Crippen LogP contribution < -0.4 is 5.32 Å². The number of anilines is 1. The molecule has 0 radical (unpaired) electrons. The summed E-state index contributed by atoms with van der Waals surface area (Å²) in [4.78, 5) is 22.2. The number of rotatable bonds is 3.